The molecule has 0 aromatic heterocycles. The Hall–Kier alpha value is -1.29. The first-order valence-electron chi connectivity index (χ1n) is 5.47. The van der Waals surface area contributed by atoms with E-state index in [1.54, 1.807) is 0 Å². The summed E-state index contributed by atoms with van der Waals surface area (Å²) in [5, 5.41) is 7.20. The van der Waals surface area contributed by atoms with E-state index in [2.05, 4.69) is 23.6 Å². The lowest BCUT2D eigenvalue weighted by atomic mass is 9.82. The van der Waals surface area contributed by atoms with E-state index in [0.717, 1.165) is 5.75 Å². The highest BCUT2D eigenvalue weighted by Crippen LogP contribution is 2.43. The standard InChI is InChI=1S/C12H14N2OS/c1-7-10-8-5-3-4-6-9(8)15-12(7,2)14-11(16)13-10/h3-7,10H,1-2H3,(H2,13,14,16). The summed E-state index contributed by atoms with van der Waals surface area (Å²) in [7, 11) is 0. The van der Waals surface area contributed by atoms with Crippen molar-refractivity contribution in [2.75, 3.05) is 0 Å². The topological polar surface area (TPSA) is 33.3 Å². The van der Waals surface area contributed by atoms with Gasteiger partial charge in [0.1, 0.15) is 5.75 Å². The van der Waals surface area contributed by atoms with Gasteiger partial charge < -0.3 is 15.4 Å². The summed E-state index contributed by atoms with van der Waals surface area (Å²) < 4.78 is 6.03. The van der Waals surface area contributed by atoms with Crippen LogP contribution in [0.1, 0.15) is 25.5 Å². The molecule has 1 fully saturated rings. The van der Waals surface area contributed by atoms with Gasteiger partial charge in [-0.2, -0.15) is 0 Å². The van der Waals surface area contributed by atoms with Crippen molar-refractivity contribution in [2.45, 2.75) is 25.6 Å². The van der Waals surface area contributed by atoms with E-state index >= 15 is 0 Å². The lowest BCUT2D eigenvalue weighted by molar-refractivity contribution is -0.0262. The Morgan fingerprint density at radius 2 is 2.12 bits per heavy atom. The highest BCUT2D eigenvalue weighted by Gasteiger charge is 2.48. The van der Waals surface area contributed by atoms with Gasteiger partial charge in [0, 0.05) is 11.5 Å². The molecule has 2 N–H and O–H groups in total. The van der Waals surface area contributed by atoms with Gasteiger partial charge in [0.15, 0.2) is 10.8 Å². The number of para-hydroxylation sites is 1. The molecular formula is C12H14N2OS. The lowest BCUT2D eigenvalue weighted by Gasteiger charge is -2.50. The number of benzene rings is 1. The normalized spacial score (nSPS) is 35.5. The second-order valence-electron chi connectivity index (χ2n) is 4.61. The minimum Gasteiger partial charge on any atom is -0.468 e. The molecule has 1 aromatic rings. The van der Waals surface area contributed by atoms with Gasteiger partial charge >= 0.3 is 0 Å². The van der Waals surface area contributed by atoms with E-state index in [-0.39, 0.29) is 6.04 Å². The van der Waals surface area contributed by atoms with Crippen LogP contribution in [-0.4, -0.2) is 10.8 Å². The van der Waals surface area contributed by atoms with Gasteiger partial charge in [-0.15, -0.1) is 0 Å². The number of ether oxygens (including phenoxy) is 1. The van der Waals surface area contributed by atoms with E-state index in [9.17, 15) is 0 Å². The zero-order valence-electron chi connectivity index (χ0n) is 9.28. The summed E-state index contributed by atoms with van der Waals surface area (Å²) in [5.41, 5.74) is 0.790. The maximum atomic E-state index is 6.03. The molecule has 0 aliphatic carbocycles. The average molecular weight is 234 g/mol. The second-order valence-corrected chi connectivity index (χ2v) is 5.02. The molecule has 2 heterocycles. The fraction of sp³-hybridized carbons (Fsp3) is 0.417. The molecule has 2 aliphatic rings. The van der Waals surface area contributed by atoms with Crippen molar-refractivity contribution in [3.8, 4) is 5.75 Å². The molecule has 0 radical (unpaired) electrons. The molecule has 4 heteroatoms. The van der Waals surface area contributed by atoms with Crippen molar-refractivity contribution in [1.29, 1.82) is 0 Å². The van der Waals surface area contributed by atoms with Crippen molar-refractivity contribution in [1.82, 2.24) is 10.6 Å². The van der Waals surface area contributed by atoms with Gasteiger partial charge in [-0.25, -0.2) is 0 Å². The molecule has 2 bridgehead atoms. The van der Waals surface area contributed by atoms with Crippen molar-refractivity contribution in [3.05, 3.63) is 29.8 Å². The number of rotatable bonds is 0. The lowest BCUT2D eigenvalue weighted by Crippen LogP contribution is -2.67. The molecule has 16 heavy (non-hydrogen) atoms. The third kappa shape index (κ3) is 1.23. The molecule has 3 atom stereocenters. The highest BCUT2D eigenvalue weighted by atomic mass is 32.1. The first-order valence-corrected chi connectivity index (χ1v) is 5.87. The number of nitrogens with one attached hydrogen (secondary N) is 2. The van der Waals surface area contributed by atoms with Crippen LogP contribution in [-0.2, 0) is 0 Å². The highest BCUT2D eigenvalue weighted by molar-refractivity contribution is 7.80. The van der Waals surface area contributed by atoms with Gasteiger partial charge in [0.25, 0.3) is 0 Å². The third-order valence-electron chi connectivity index (χ3n) is 3.59. The molecule has 1 saturated heterocycles. The first-order chi connectivity index (χ1) is 7.60. The predicted octanol–water partition coefficient (Wildman–Crippen LogP) is 1.95. The van der Waals surface area contributed by atoms with Gasteiger partial charge in [-0.3, -0.25) is 0 Å². The Morgan fingerprint density at radius 1 is 1.38 bits per heavy atom. The Bertz CT molecular complexity index is 462. The van der Waals surface area contributed by atoms with E-state index in [1.807, 2.05) is 25.1 Å². The largest absolute Gasteiger partial charge is 0.468 e. The van der Waals surface area contributed by atoms with E-state index in [1.165, 1.54) is 5.56 Å². The fourth-order valence-electron chi connectivity index (χ4n) is 2.48. The Balaban J connectivity index is 2.15. The third-order valence-corrected chi connectivity index (χ3v) is 3.81. The number of fused-ring (bicyclic) bond motifs is 4. The maximum Gasteiger partial charge on any atom is 0.184 e. The van der Waals surface area contributed by atoms with Crippen molar-refractivity contribution in [3.63, 3.8) is 0 Å². The molecular weight excluding hydrogens is 220 g/mol. The van der Waals surface area contributed by atoms with Crippen molar-refractivity contribution in [2.24, 2.45) is 5.92 Å². The Kier molecular flexibility index (Phi) is 1.92. The number of thiocarbonyl (C=S) groups is 1. The van der Waals surface area contributed by atoms with Crippen molar-refractivity contribution >= 4 is 17.3 Å². The molecule has 3 nitrogen and oxygen atoms in total. The summed E-state index contributed by atoms with van der Waals surface area (Å²) in [6.45, 7) is 4.22. The van der Waals surface area contributed by atoms with Crippen LogP contribution in [0, 0.1) is 5.92 Å². The second kappa shape index (κ2) is 3.10. The van der Waals surface area contributed by atoms with Gasteiger partial charge in [-0.05, 0) is 25.2 Å². The van der Waals surface area contributed by atoms with Gasteiger partial charge in [0.05, 0.1) is 6.04 Å². The molecule has 3 unspecified atom stereocenters. The quantitative estimate of drug-likeness (QED) is 0.672. The van der Waals surface area contributed by atoms with E-state index in [0.29, 0.717) is 11.0 Å². The van der Waals surface area contributed by atoms with Crippen molar-refractivity contribution < 1.29 is 4.74 Å². The van der Waals surface area contributed by atoms with Gasteiger partial charge in [-0.1, -0.05) is 25.1 Å². The molecule has 2 aliphatic heterocycles. The van der Waals surface area contributed by atoms with Crippen LogP contribution < -0.4 is 15.4 Å². The summed E-state index contributed by atoms with van der Waals surface area (Å²) in [6.07, 6.45) is 0. The molecule has 3 rings (SSSR count). The molecule has 0 saturated carbocycles. The zero-order valence-corrected chi connectivity index (χ0v) is 10.1. The van der Waals surface area contributed by atoms with E-state index in [4.69, 9.17) is 17.0 Å². The first kappa shape index (κ1) is 9.90. The van der Waals surface area contributed by atoms with Gasteiger partial charge in [0.2, 0.25) is 0 Å². The molecule has 0 amide bonds. The summed E-state index contributed by atoms with van der Waals surface area (Å²) in [5.74, 6) is 1.27. The molecule has 1 aromatic carbocycles. The summed E-state index contributed by atoms with van der Waals surface area (Å²) in [6, 6.07) is 8.36. The fourth-order valence-corrected chi connectivity index (χ4v) is 2.81. The number of hydrogen-bond acceptors (Lipinski definition) is 2. The van der Waals surface area contributed by atoms with Crippen LogP contribution in [0.3, 0.4) is 0 Å². The average Bonchev–Trinajstić information content (AvgIpc) is 2.22. The van der Waals surface area contributed by atoms with Crippen LogP contribution in [0.2, 0.25) is 0 Å². The van der Waals surface area contributed by atoms with E-state index < -0.39 is 5.72 Å². The van der Waals surface area contributed by atoms with Crippen LogP contribution in [0.4, 0.5) is 0 Å². The van der Waals surface area contributed by atoms with Crippen LogP contribution in [0.5, 0.6) is 5.75 Å². The minimum absolute atomic E-state index is 0.240. The SMILES string of the molecule is CC1C2NC(=S)NC1(C)Oc1ccccc12. The monoisotopic (exact) mass is 234 g/mol. The molecule has 0 spiro atoms. The summed E-state index contributed by atoms with van der Waals surface area (Å²) >= 11 is 5.21. The van der Waals surface area contributed by atoms with Crippen LogP contribution in [0.15, 0.2) is 24.3 Å². The predicted molar refractivity (Wildman–Crippen MR) is 66.2 cm³/mol. The maximum absolute atomic E-state index is 6.03. The Labute approximate surface area is 100 Å². The molecule has 84 valence electrons. The summed E-state index contributed by atoms with van der Waals surface area (Å²) in [4.78, 5) is 0. The number of hydrogen-bond donors (Lipinski definition) is 2. The Morgan fingerprint density at radius 3 is 2.94 bits per heavy atom. The smallest absolute Gasteiger partial charge is 0.184 e. The zero-order chi connectivity index (χ0) is 11.3. The van der Waals surface area contributed by atoms with Crippen LogP contribution >= 0.6 is 12.2 Å². The minimum atomic E-state index is -0.401. The van der Waals surface area contributed by atoms with Crippen LogP contribution in [0.25, 0.3) is 0 Å².